The lowest BCUT2D eigenvalue weighted by atomic mass is 10.1. The second-order valence-corrected chi connectivity index (χ2v) is 7.04. The highest BCUT2D eigenvalue weighted by Gasteiger charge is 2.32. The molecule has 1 saturated heterocycles. The zero-order valence-electron chi connectivity index (χ0n) is 16.2. The largest absolute Gasteiger partial charge is 0.479 e. The van der Waals surface area contributed by atoms with Crippen molar-refractivity contribution in [1.82, 2.24) is 4.90 Å². The SMILES string of the molecule is CCCCC(=O)Nc1ccc2c(c1)OC(C)C(=O)N2CCN1CCOCC1. The van der Waals surface area contributed by atoms with Gasteiger partial charge in [-0.25, -0.2) is 0 Å². The number of amides is 2. The van der Waals surface area contributed by atoms with Crippen LogP contribution in [0.1, 0.15) is 33.1 Å². The molecule has 2 amide bonds. The van der Waals surface area contributed by atoms with Crippen LogP contribution in [0.3, 0.4) is 0 Å². The number of fused-ring (bicyclic) bond motifs is 1. The van der Waals surface area contributed by atoms with Crippen LogP contribution in [0, 0.1) is 0 Å². The second kappa shape index (κ2) is 9.19. The third-order valence-electron chi connectivity index (χ3n) is 4.95. The zero-order chi connectivity index (χ0) is 19.2. The van der Waals surface area contributed by atoms with Gasteiger partial charge in [0.2, 0.25) is 5.91 Å². The third-order valence-corrected chi connectivity index (χ3v) is 4.95. The third kappa shape index (κ3) is 4.99. The van der Waals surface area contributed by atoms with Crippen molar-refractivity contribution in [2.24, 2.45) is 0 Å². The summed E-state index contributed by atoms with van der Waals surface area (Å²) in [5.41, 5.74) is 1.46. The van der Waals surface area contributed by atoms with E-state index in [0.717, 1.165) is 51.4 Å². The Labute approximate surface area is 160 Å². The number of carbonyl (C=O) groups is 2. The summed E-state index contributed by atoms with van der Waals surface area (Å²) in [6.45, 7) is 8.51. The Balaban J connectivity index is 1.69. The lowest BCUT2D eigenvalue weighted by molar-refractivity contribution is -0.125. The van der Waals surface area contributed by atoms with Crippen LogP contribution in [0.4, 0.5) is 11.4 Å². The standard InChI is InChI=1S/C20H29N3O4/c1-3-4-5-19(24)21-16-6-7-17-18(14-16)27-15(2)20(25)23(17)9-8-22-10-12-26-13-11-22/h6-7,14-15H,3-5,8-13H2,1-2H3,(H,21,24). The molecule has 0 aliphatic carbocycles. The molecular weight excluding hydrogens is 346 g/mol. The fourth-order valence-electron chi connectivity index (χ4n) is 3.35. The first kappa shape index (κ1) is 19.6. The van der Waals surface area contributed by atoms with Crippen LogP contribution in [0.5, 0.6) is 5.75 Å². The number of carbonyl (C=O) groups excluding carboxylic acids is 2. The van der Waals surface area contributed by atoms with Gasteiger partial charge in [-0.05, 0) is 25.5 Å². The maximum atomic E-state index is 12.6. The summed E-state index contributed by atoms with van der Waals surface area (Å²) >= 11 is 0. The van der Waals surface area contributed by atoms with E-state index in [-0.39, 0.29) is 11.8 Å². The van der Waals surface area contributed by atoms with Crippen LogP contribution in [-0.2, 0) is 14.3 Å². The van der Waals surface area contributed by atoms with Gasteiger partial charge in [0, 0.05) is 44.4 Å². The van der Waals surface area contributed by atoms with E-state index in [2.05, 4.69) is 17.1 Å². The lowest BCUT2D eigenvalue weighted by Gasteiger charge is -2.35. The fourth-order valence-corrected chi connectivity index (χ4v) is 3.35. The van der Waals surface area contributed by atoms with Crippen LogP contribution in [0.25, 0.3) is 0 Å². The van der Waals surface area contributed by atoms with E-state index in [1.807, 2.05) is 18.2 Å². The van der Waals surface area contributed by atoms with Crippen molar-refractivity contribution < 1.29 is 19.1 Å². The van der Waals surface area contributed by atoms with Gasteiger partial charge in [0.25, 0.3) is 5.91 Å². The molecule has 148 valence electrons. The van der Waals surface area contributed by atoms with E-state index in [9.17, 15) is 9.59 Å². The van der Waals surface area contributed by atoms with Gasteiger partial charge in [-0.15, -0.1) is 0 Å². The highest BCUT2D eigenvalue weighted by atomic mass is 16.5. The monoisotopic (exact) mass is 375 g/mol. The van der Waals surface area contributed by atoms with E-state index in [1.54, 1.807) is 11.8 Å². The first-order chi connectivity index (χ1) is 13.1. The summed E-state index contributed by atoms with van der Waals surface area (Å²) in [5.74, 6) is 0.605. The van der Waals surface area contributed by atoms with Gasteiger partial charge in [-0.2, -0.15) is 0 Å². The Morgan fingerprint density at radius 1 is 1.26 bits per heavy atom. The number of benzene rings is 1. The lowest BCUT2D eigenvalue weighted by Crippen LogP contribution is -2.48. The predicted octanol–water partition coefficient (Wildman–Crippen LogP) is 2.26. The van der Waals surface area contributed by atoms with E-state index < -0.39 is 6.10 Å². The average Bonchev–Trinajstić information content (AvgIpc) is 2.67. The van der Waals surface area contributed by atoms with Crippen LogP contribution >= 0.6 is 0 Å². The van der Waals surface area contributed by atoms with Crippen molar-refractivity contribution in [2.45, 2.75) is 39.2 Å². The molecule has 0 aromatic heterocycles. The maximum absolute atomic E-state index is 12.6. The summed E-state index contributed by atoms with van der Waals surface area (Å²) in [7, 11) is 0. The molecule has 1 aromatic rings. The van der Waals surface area contributed by atoms with Crippen molar-refractivity contribution in [1.29, 1.82) is 0 Å². The molecular formula is C20H29N3O4. The maximum Gasteiger partial charge on any atom is 0.267 e. The number of nitrogens with one attached hydrogen (secondary N) is 1. The summed E-state index contributed by atoms with van der Waals surface area (Å²) in [4.78, 5) is 28.7. The molecule has 0 saturated carbocycles. The van der Waals surface area contributed by atoms with Crippen molar-refractivity contribution in [3.63, 3.8) is 0 Å². The van der Waals surface area contributed by atoms with Crippen molar-refractivity contribution in [2.75, 3.05) is 49.6 Å². The molecule has 2 aliphatic heterocycles. The van der Waals surface area contributed by atoms with E-state index in [1.165, 1.54) is 0 Å². The van der Waals surface area contributed by atoms with Crippen molar-refractivity contribution in [3.8, 4) is 5.75 Å². The molecule has 1 fully saturated rings. The number of ether oxygens (including phenoxy) is 2. The number of hydrogen-bond acceptors (Lipinski definition) is 5. The Morgan fingerprint density at radius 3 is 2.78 bits per heavy atom. The smallest absolute Gasteiger partial charge is 0.267 e. The topological polar surface area (TPSA) is 71.1 Å². The molecule has 0 radical (unpaired) electrons. The summed E-state index contributed by atoms with van der Waals surface area (Å²) < 4.78 is 11.2. The number of anilines is 2. The first-order valence-electron chi connectivity index (χ1n) is 9.80. The van der Waals surface area contributed by atoms with Crippen molar-refractivity contribution in [3.05, 3.63) is 18.2 Å². The summed E-state index contributed by atoms with van der Waals surface area (Å²) in [6.07, 6.45) is 1.83. The zero-order valence-corrected chi connectivity index (χ0v) is 16.2. The van der Waals surface area contributed by atoms with Gasteiger partial charge in [0.1, 0.15) is 5.75 Å². The number of unbranched alkanes of at least 4 members (excludes halogenated alkanes) is 1. The minimum Gasteiger partial charge on any atom is -0.479 e. The van der Waals surface area contributed by atoms with Gasteiger partial charge < -0.3 is 19.7 Å². The molecule has 1 atom stereocenters. The van der Waals surface area contributed by atoms with E-state index in [4.69, 9.17) is 9.47 Å². The molecule has 1 aromatic carbocycles. The number of rotatable bonds is 7. The van der Waals surface area contributed by atoms with Crippen LogP contribution in [0.15, 0.2) is 18.2 Å². The van der Waals surface area contributed by atoms with Crippen molar-refractivity contribution >= 4 is 23.2 Å². The second-order valence-electron chi connectivity index (χ2n) is 7.04. The molecule has 1 N–H and O–H groups in total. The Hall–Kier alpha value is -2.12. The number of hydrogen-bond donors (Lipinski definition) is 1. The molecule has 2 heterocycles. The Bertz CT molecular complexity index is 673. The average molecular weight is 375 g/mol. The van der Waals surface area contributed by atoms with Gasteiger partial charge in [0.15, 0.2) is 6.10 Å². The summed E-state index contributed by atoms with van der Waals surface area (Å²) in [5, 5.41) is 2.91. The van der Waals surface area contributed by atoms with E-state index >= 15 is 0 Å². The fraction of sp³-hybridized carbons (Fsp3) is 0.600. The molecule has 3 rings (SSSR count). The minimum atomic E-state index is -0.534. The molecule has 27 heavy (non-hydrogen) atoms. The normalized spacial score (nSPS) is 20.1. The van der Waals surface area contributed by atoms with Gasteiger partial charge >= 0.3 is 0 Å². The van der Waals surface area contributed by atoms with Gasteiger partial charge in [0.05, 0.1) is 18.9 Å². The van der Waals surface area contributed by atoms with Gasteiger partial charge in [-0.3, -0.25) is 14.5 Å². The highest BCUT2D eigenvalue weighted by Crippen LogP contribution is 2.36. The molecule has 1 unspecified atom stereocenters. The highest BCUT2D eigenvalue weighted by molar-refractivity contribution is 6.00. The molecule has 2 aliphatic rings. The van der Waals surface area contributed by atoms with Crippen LogP contribution in [-0.4, -0.2) is 62.2 Å². The Morgan fingerprint density at radius 2 is 2.04 bits per heavy atom. The quantitative estimate of drug-likeness (QED) is 0.792. The summed E-state index contributed by atoms with van der Waals surface area (Å²) in [6, 6.07) is 5.49. The molecule has 0 spiro atoms. The van der Waals surface area contributed by atoms with E-state index in [0.29, 0.717) is 24.4 Å². The Kier molecular flexibility index (Phi) is 6.68. The molecule has 7 heteroatoms. The number of morpholine rings is 1. The minimum absolute atomic E-state index is 0.000841. The molecule has 7 nitrogen and oxygen atoms in total. The molecule has 0 bridgehead atoms. The predicted molar refractivity (Wildman–Crippen MR) is 104 cm³/mol. The van der Waals surface area contributed by atoms with Crippen LogP contribution < -0.4 is 15.0 Å². The first-order valence-corrected chi connectivity index (χ1v) is 9.80. The van der Waals surface area contributed by atoms with Gasteiger partial charge in [-0.1, -0.05) is 13.3 Å². The number of nitrogens with zero attached hydrogens (tertiary/aromatic N) is 2. The van der Waals surface area contributed by atoms with Crippen LogP contribution in [0.2, 0.25) is 0 Å².